The molecule has 0 bridgehead atoms. The zero-order chi connectivity index (χ0) is 13.7. The van der Waals surface area contributed by atoms with Gasteiger partial charge in [-0.25, -0.2) is 9.97 Å². The predicted octanol–water partition coefficient (Wildman–Crippen LogP) is 4.14. The summed E-state index contributed by atoms with van der Waals surface area (Å²) in [6.07, 6.45) is 7.47. The van der Waals surface area contributed by atoms with E-state index in [0.717, 1.165) is 40.7 Å². The summed E-state index contributed by atoms with van der Waals surface area (Å²) < 4.78 is 0. The highest BCUT2D eigenvalue weighted by atomic mass is 32.2. The number of rotatable bonds is 5. The maximum Gasteiger partial charge on any atom is 0.132 e. The number of anilines is 1. The number of aromatic nitrogens is 2. The van der Waals surface area contributed by atoms with Gasteiger partial charge in [-0.3, -0.25) is 0 Å². The van der Waals surface area contributed by atoms with Crippen LogP contribution in [0.15, 0.2) is 11.1 Å². The van der Waals surface area contributed by atoms with Crippen molar-refractivity contribution < 1.29 is 0 Å². The van der Waals surface area contributed by atoms with Gasteiger partial charge in [-0.1, -0.05) is 26.7 Å². The van der Waals surface area contributed by atoms with Crippen molar-refractivity contribution in [1.82, 2.24) is 9.97 Å². The topological polar surface area (TPSA) is 37.8 Å². The highest BCUT2D eigenvalue weighted by Gasteiger charge is 2.20. The summed E-state index contributed by atoms with van der Waals surface area (Å²) in [5, 5.41) is 5.02. The van der Waals surface area contributed by atoms with E-state index in [0.29, 0.717) is 0 Å². The molecule has 3 nitrogen and oxygen atoms in total. The Labute approximate surface area is 121 Å². The summed E-state index contributed by atoms with van der Waals surface area (Å²) in [5.41, 5.74) is 0. The second kappa shape index (κ2) is 7.13. The van der Waals surface area contributed by atoms with Gasteiger partial charge in [0.2, 0.25) is 0 Å². The van der Waals surface area contributed by atoms with Crippen LogP contribution >= 0.6 is 11.8 Å². The van der Waals surface area contributed by atoms with Gasteiger partial charge in [0.1, 0.15) is 16.7 Å². The molecule has 2 unspecified atom stereocenters. The Kier molecular flexibility index (Phi) is 5.49. The Morgan fingerprint density at radius 1 is 1.37 bits per heavy atom. The Bertz CT molecular complexity index is 408. The standard InChI is InChI=1S/C15H25N3S/c1-4-6-13-17-14(16-3)10-15(18-13)19-12-8-5-7-11(2)9-12/h10-12H,4-9H2,1-3H3,(H,16,17,18). The molecule has 1 aromatic rings. The summed E-state index contributed by atoms with van der Waals surface area (Å²) in [6.45, 7) is 4.54. The van der Waals surface area contributed by atoms with Crippen molar-refractivity contribution in [2.45, 2.75) is 62.6 Å². The number of nitrogens with one attached hydrogen (secondary N) is 1. The van der Waals surface area contributed by atoms with Crippen molar-refractivity contribution in [1.29, 1.82) is 0 Å². The number of thioether (sulfide) groups is 1. The van der Waals surface area contributed by atoms with E-state index in [4.69, 9.17) is 4.98 Å². The maximum atomic E-state index is 4.70. The number of aryl methyl sites for hydroxylation is 1. The summed E-state index contributed by atoms with van der Waals surface area (Å²) in [5.74, 6) is 2.79. The zero-order valence-corrected chi connectivity index (χ0v) is 13.1. The highest BCUT2D eigenvalue weighted by molar-refractivity contribution is 7.99. The normalized spacial score (nSPS) is 23.3. The first-order valence-corrected chi connectivity index (χ1v) is 8.31. The monoisotopic (exact) mass is 279 g/mol. The second-order valence-electron chi connectivity index (χ2n) is 5.52. The van der Waals surface area contributed by atoms with E-state index >= 15 is 0 Å². The van der Waals surface area contributed by atoms with E-state index in [1.165, 1.54) is 25.7 Å². The van der Waals surface area contributed by atoms with E-state index in [2.05, 4.69) is 30.2 Å². The molecular weight excluding hydrogens is 254 g/mol. The molecule has 0 spiro atoms. The predicted molar refractivity (Wildman–Crippen MR) is 82.9 cm³/mol. The molecule has 0 saturated heterocycles. The highest BCUT2D eigenvalue weighted by Crippen LogP contribution is 2.35. The van der Waals surface area contributed by atoms with Gasteiger partial charge in [0.25, 0.3) is 0 Å². The molecule has 106 valence electrons. The Morgan fingerprint density at radius 3 is 2.89 bits per heavy atom. The van der Waals surface area contributed by atoms with Crippen molar-refractivity contribution in [3.63, 3.8) is 0 Å². The van der Waals surface area contributed by atoms with Crippen LogP contribution in [-0.2, 0) is 6.42 Å². The fraction of sp³-hybridized carbons (Fsp3) is 0.733. The van der Waals surface area contributed by atoms with E-state index < -0.39 is 0 Å². The lowest BCUT2D eigenvalue weighted by Gasteiger charge is -2.25. The molecule has 2 atom stereocenters. The minimum absolute atomic E-state index is 0.734. The summed E-state index contributed by atoms with van der Waals surface area (Å²) in [7, 11) is 1.93. The van der Waals surface area contributed by atoms with Crippen LogP contribution in [0.1, 0.15) is 51.8 Å². The maximum absolute atomic E-state index is 4.70. The minimum atomic E-state index is 0.734. The molecule has 1 aromatic heterocycles. The van der Waals surface area contributed by atoms with Crippen molar-refractivity contribution in [3.8, 4) is 0 Å². The molecular formula is C15H25N3S. The Morgan fingerprint density at radius 2 is 2.21 bits per heavy atom. The molecule has 1 N–H and O–H groups in total. The van der Waals surface area contributed by atoms with E-state index in [1.807, 2.05) is 18.8 Å². The van der Waals surface area contributed by atoms with E-state index in [1.54, 1.807) is 0 Å². The van der Waals surface area contributed by atoms with Crippen LogP contribution in [0.5, 0.6) is 0 Å². The average molecular weight is 279 g/mol. The third kappa shape index (κ3) is 4.37. The van der Waals surface area contributed by atoms with Gasteiger partial charge in [-0.2, -0.15) is 0 Å². The zero-order valence-electron chi connectivity index (χ0n) is 12.3. The number of hydrogen-bond acceptors (Lipinski definition) is 4. The Hall–Kier alpha value is -0.770. The lowest BCUT2D eigenvalue weighted by Crippen LogP contribution is -2.15. The molecule has 0 amide bonds. The van der Waals surface area contributed by atoms with E-state index in [9.17, 15) is 0 Å². The van der Waals surface area contributed by atoms with Gasteiger partial charge in [-0.15, -0.1) is 11.8 Å². The summed E-state index contributed by atoms with van der Waals surface area (Å²) in [4.78, 5) is 9.22. The fourth-order valence-electron chi connectivity index (χ4n) is 2.65. The fourth-order valence-corrected chi connectivity index (χ4v) is 4.04. The smallest absolute Gasteiger partial charge is 0.132 e. The molecule has 2 rings (SSSR count). The van der Waals surface area contributed by atoms with Crippen molar-refractivity contribution in [2.75, 3.05) is 12.4 Å². The number of hydrogen-bond donors (Lipinski definition) is 1. The largest absolute Gasteiger partial charge is 0.373 e. The molecule has 0 aromatic carbocycles. The van der Waals surface area contributed by atoms with Crippen molar-refractivity contribution in [2.24, 2.45) is 5.92 Å². The van der Waals surface area contributed by atoms with Gasteiger partial charge >= 0.3 is 0 Å². The molecule has 0 radical (unpaired) electrons. The third-order valence-corrected chi connectivity index (χ3v) is 4.87. The van der Waals surface area contributed by atoms with E-state index in [-0.39, 0.29) is 0 Å². The lowest BCUT2D eigenvalue weighted by atomic mass is 9.91. The van der Waals surface area contributed by atoms with Gasteiger partial charge in [0.15, 0.2) is 0 Å². The first-order valence-electron chi connectivity index (χ1n) is 7.43. The van der Waals surface area contributed by atoms with Crippen molar-refractivity contribution >= 4 is 17.6 Å². The minimum Gasteiger partial charge on any atom is -0.373 e. The molecule has 1 saturated carbocycles. The van der Waals surface area contributed by atoms with Crippen LogP contribution in [0, 0.1) is 5.92 Å². The first kappa shape index (κ1) is 14.6. The van der Waals surface area contributed by atoms with Crippen LogP contribution in [0.2, 0.25) is 0 Å². The third-order valence-electron chi connectivity index (χ3n) is 3.65. The molecule has 1 aliphatic carbocycles. The van der Waals surface area contributed by atoms with Gasteiger partial charge in [0.05, 0.1) is 0 Å². The van der Waals surface area contributed by atoms with Gasteiger partial charge in [0, 0.05) is 24.8 Å². The van der Waals surface area contributed by atoms with Crippen LogP contribution in [0.3, 0.4) is 0 Å². The average Bonchev–Trinajstić information content (AvgIpc) is 2.39. The van der Waals surface area contributed by atoms with Crippen LogP contribution < -0.4 is 5.32 Å². The molecule has 1 heterocycles. The Balaban J connectivity index is 2.07. The SMILES string of the molecule is CCCc1nc(NC)cc(SC2CCCC(C)C2)n1. The quantitative estimate of drug-likeness (QED) is 0.822. The number of nitrogens with zero attached hydrogens (tertiary/aromatic N) is 2. The summed E-state index contributed by atoms with van der Waals surface area (Å²) in [6, 6.07) is 2.09. The molecule has 1 fully saturated rings. The second-order valence-corrected chi connectivity index (χ2v) is 6.84. The van der Waals surface area contributed by atoms with Crippen LogP contribution in [-0.4, -0.2) is 22.3 Å². The molecule has 0 aliphatic heterocycles. The summed E-state index contributed by atoms with van der Waals surface area (Å²) >= 11 is 1.95. The van der Waals surface area contributed by atoms with Gasteiger partial charge in [-0.05, 0) is 25.2 Å². The van der Waals surface area contributed by atoms with Crippen molar-refractivity contribution in [3.05, 3.63) is 11.9 Å². The van der Waals surface area contributed by atoms with Crippen LogP contribution in [0.4, 0.5) is 5.82 Å². The van der Waals surface area contributed by atoms with Crippen LogP contribution in [0.25, 0.3) is 0 Å². The van der Waals surface area contributed by atoms with Gasteiger partial charge < -0.3 is 5.32 Å². The lowest BCUT2D eigenvalue weighted by molar-refractivity contribution is 0.394. The molecule has 4 heteroatoms. The first-order chi connectivity index (χ1) is 9.21. The molecule has 19 heavy (non-hydrogen) atoms. The molecule has 1 aliphatic rings.